The maximum Gasteiger partial charge on any atom is 0.412 e. The standard InChI is InChI=1S/C12H18N2O3/c1-8-6-9(7-10(13-8)16-5)14-11(15)17-12(2,3)4/h6-7H,1-5H3,(H,13,14,15). The third-order valence-electron chi connectivity index (χ3n) is 1.78. The zero-order valence-electron chi connectivity index (χ0n) is 10.8. The van der Waals surface area contributed by atoms with Crippen molar-refractivity contribution < 1.29 is 14.3 Å². The quantitative estimate of drug-likeness (QED) is 0.860. The Hall–Kier alpha value is -1.78. The van der Waals surface area contributed by atoms with E-state index in [4.69, 9.17) is 9.47 Å². The summed E-state index contributed by atoms with van der Waals surface area (Å²) in [7, 11) is 1.53. The van der Waals surface area contributed by atoms with Crippen LogP contribution >= 0.6 is 0 Å². The van der Waals surface area contributed by atoms with E-state index in [0.29, 0.717) is 11.6 Å². The van der Waals surface area contributed by atoms with E-state index in [1.807, 2.05) is 27.7 Å². The number of hydrogen-bond acceptors (Lipinski definition) is 4. The van der Waals surface area contributed by atoms with E-state index in [0.717, 1.165) is 5.69 Å². The Kier molecular flexibility index (Phi) is 3.93. The number of hydrogen-bond donors (Lipinski definition) is 1. The molecule has 0 saturated carbocycles. The number of pyridine rings is 1. The number of methoxy groups -OCH3 is 1. The van der Waals surface area contributed by atoms with E-state index >= 15 is 0 Å². The summed E-state index contributed by atoms with van der Waals surface area (Å²) < 4.78 is 10.2. The summed E-state index contributed by atoms with van der Waals surface area (Å²) >= 11 is 0. The van der Waals surface area contributed by atoms with Crippen LogP contribution in [0.2, 0.25) is 0 Å². The molecule has 1 rings (SSSR count). The molecule has 0 fully saturated rings. The van der Waals surface area contributed by atoms with Gasteiger partial charge in [-0.25, -0.2) is 9.78 Å². The third kappa shape index (κ3) is 4.72. The highest BCUT2D eigenvalue weighted by Crippen LogP contribution is 2.17. The van der Waals surface area contributed by atoms with Gasteiger partial charge < -0.3 is 9.47 Å². The van der Waals surface area contributed by atoms with Crippen molar-refractivity contribution >= 4 is 11.8 Å². The Bertz CT molecular complexity index is 411. The third-order valence-corrected chi connectivity index (χ3v) is 1.78. The van der Waals surface area contributed by atoms with Crippen LogP contribution in [0.1, 0.15) is 26.5 Å². The minimum atomic E-state index is -0.518. The lowest BCUT2D eigenvalue weighted by molar-refractivity contribution is 0.0636. The molecule has 0 spiro atoms. The van der Waals surface area contributed by atoms with Crippen molar-refractivity contribution in [1.29, 1.82) is 0 Å². The molecular formula is C12H18N2O3. The normalized spacial score (nSPS) is 10.9. The van der Waals surface area contributed by atoms with Gasteiger partial charge in [0.1, 0.15) is 5.60 Å². The second kappa shape index (κ2) is 5.03. The van der Waals surface area contributed by atoms with Crippen LogP contribution in [0.25, 0.3) is 0 Å². The minimum absolute atomic E-state index is 0.455. The van der Waals surface area contributed by atoms with E-state index < -0.39 is 11.7 Å². The fourth-order valence-electron chi connectivity index (χ4n) is 1.24. The molecule has 0 saturated heterocycles. The number of nitrogens with one attached hydrogen (secondary N) is 1. The van der Waals surface area contributed by atoms with Gasteiger partial charge in [-0.05, 0) is 33.8 Å². The molecule has 0 aromatic carbocycles. The average Bonchev–Trinajstić information content (AvgIpc) is 2.13. The first-order valence-electron chi connectivity index (χ1n) is 5.33. The summed E-state index contributed by atoms with van der Waals surface area (Å²) in [6, 6.07) is 3.38. The number of aromatic nitrogens is 1. The summed E-state index contributed by atoms with van der Waals surface area (Å²) in [5.74, 6) is 0.455. The summed E-state index contributed by atoms with van der Waals surface area (Å²) in [5, 5.41) is 2.63. The lowest BCUT2D eigenvalue weighted by Crippen LogP contribution is -2.27. The van der Waals surface area contributed by atoms with Crippen molar-refractivity contribution in [3.63, 3.8) is 0 Å². The first kappa shape index (κ1) is 13.3. The van der Waals surface area contributed by atoms with Gasteiger partial charge in [-0.1, -0.05) is 0 Å². The van der Waals surface area contributed by atoms with Gasteiger partial charge in [0.25, 0.3) is 0 Å². The Morgan fingerprint density at radius 3 is 2.53 bits per heavy atom. The van der Waals surface area contributed by atoms with Crippen molar-refractivity contribution in [2.75, 3.05) is 12.4 Å². The van der Waals surface area contributed by atoms with E-state index in [1.165, 1.54) is 7.11 Å². The Labute approximate surface area is 101 Å². The Morgan fingerprint density at radius 1 is 1.35 bits per heavy atom. The number of anilines is 1. The minimum Gasteiger partial charge on any atom is -0.481 e. The van der Waals surface area contributed by atoms with Gasteiger partial charge in [0, 0.05) is 11.8 Å². The van der Waals surface area contributed by atoms with Crippen LogP contribution in [0, 0.1) is 6.92 Å². The molecule has 94 valence electrons. The second-order valence-electron chi connectivity index (χ2n) is 4.67. The molecule has 1 aromatic rings. The summed E-state index contributed by atoms with van der Waals surface area (Å²) in [4.78, 5) is 15.7. The van der Waals surface area contributed by atoms with E-state index in [9.17, 15) is 4.79 Å². The molecule has 0 aliphatic rings. The highest BCUT2D eigenvalue weighted by molar-refractivity contribution is 5.85. The van der Waals surface area contributed by atoms with Crippen LogP contribution < -0.4 is 10.1 Å². The number of aryl methyl sites for hydroxylation is 1. The Balaban J connectivity index is 2.74. The number of carbonyl (C=O) groups excluding carboxylic acids is 1. The zero-order valence-corrected chi connectivity index (χ0v) is 10.8. The number of ether oxygens (including phenoxy) is 2. The molecule has 0 aliphatic heterocycles. The molecule has 0 aliphatic carbocycles. The first-order chi connectivity index (χ1) is 7.80. The second-order valence-corrected chi connectivity index (χ2v) is 4.67. The van der Waals surface area contributed by atoms with Gasteiger partial charge in [0.2, 0.25) is 5.88 Å². The van der Waals surface area contributed by atoms with Crippen molar-refractivity contribution in [2.45, 2.75) is 33.3 Å². The largest absolute Gasteiger partial charge is 0.481 e. The molecule has 5 nitrogen and oxygen atoms in total. The molecule has 1 N–H and O–H groups in total. The number of rotatable bonds is 2. The highest BCUT2D eigenvalue weighted by Gasteiger charge is 2.16. The monoisotopic (exact) mass is 238 g/mol. The molecule has 17 heavy (non-hydrogen) atoms. The summed E-state index contributed by atoms with van der Waals surface area (Å²) in [6.07, 6.45) is -0.495. The van der Waals surface area contributed by atoms with Crippen molar-refractivity contribution in [3.05, 3.63) is 17.8 Å². The molecule has 1 aromatic heterocycles. The van der Waals surface area contributed by atoms with Gasteiger partial charge in [-0.15, -0.1) is 0 Å². The zero-order chi connectivity index (χ0) is 13.1. The molecule has 1 heterocycles. The fraction of sp³-hybridized carbons (Fsp3) is 0.500. The lowest BCUT2D eigenvalue weighted by Gasteiger charge is -2.19. The maximum atomic E-state index is 11.5. The number of carbonyl (C=O) groups is 1. The molecule has 0 radical (unpaired) electrons. The van der Waals surface area contributed by atoms with Crippen LogP contribution in [0.4, 0.5) is 10.5 Å². The van der Waals surface area contributed by atoms with E-state index in [1.54, 1.807) is 12.1 Å². The van der Waals surface area contributed by atoms with Gasteiger partial charge >= 0.3 is 6.09 Å². The van der Waals surface area contributed by atoms with E-state index in [2.05, 4.69) is 10.3 Å². The van der Waals surface area contributed by atoms with Crippen LogP contribution in [0.3, 0.4) is 0 Å². The molecule has 1 amide bonds. The lowest BCUT2D eigenvalue weighted by atomic mass is 10.2. The van der Waals surface area contributed by atoms with Crippen molar-refractivity contribution in [2.24, 2.45) is 0 Å². The fourth-order valence-corrected chi connectivity index (χ4v) is 1.24. The molecule has 0 unspecified atom stereocenters. The van der Waals surface area contributed by atoms with Gasteiger partial charge in [-0.3, -0.25) is 5.32 Å². The predicted octanol–water partition coefficient (Wildman–Crippen LogP) is 2.75. The van der Waals surface area contributed by atoms with Crippen LogP contribution in [0.5, 0.6) is 5.88 Å². The van der Waals surface area contributed by atoms with Crippen LogP contribution in [0.15, 0.2) is 12.1 Å². The highest BCUT2D eigenvalue weighted by atomic mass is 16.6. The van der Waals surface area contributed by atoms with Gasteiger partial charge in [0.15, 0.2) is 0 Å². The average molecular weight is 238 g/mol. The smallest absolute Gasteiger partial charge is 0.412 e. The van der Waals surface area contributed by atoms with Crippen molar-refractivity contribution in [1.82, 2.24) is 4.98 Å². The summed E-state index contributed by atoms with van der Waals surface area (Å²) in [5.41, 5.74) is 0.843. The predicted molar refractivity (Wildman–Crippen MR) is 65.4 cm³/mol. The van der Waals surface area contributed by atoms with Gasteiger partial charge in [0.05, 0.1) is 12.8 Å². The van der Waals surface area contributed by atoms with Crippen LogP contribution in [-0.4, -0.2) is 23.8 Å². The molecule has 5 heteroatoms. The van der Waals surface area contributed by atoms with Gasteiger partial charge in [-0.2, -0.15) is 0 Å². The van der Waals surface area contributed by atoms with Crippen molar-refractivity contribution in [3.8, 4) is 5.88 Å². The van der Waals surface area contributed by atoms with Crippen LogP contribution in [-0.2, 0) is 4.74 Å². The Morgan fingerprint density at radius 2 is 2.00 bits per heavy atom. The van der Waals surface area contributed by atoms with E-state index in [-0.39, 0.29) is 0 Å². The maximum absolute atomic E-state index is 11.5. The topological polar surface area (TPSA) is 60.5 Å². The number of amides is 1. The SMILES string of the molecule is COc1cc(NC(=O)OC(C)(C)C)cc(C)n1. The summed E-state index contributed by atoms with van der Waals surface area (Å²) in [6.45, 7) is 7.25. The number of nitrogens with zero attached hydrogens (tertiary/aromatic N) is 1. The molecule has 0 bridgehead atoms. The molecule has 0 atom stereocenters. The molecular weight excluding hydrogens is 220 g/mol. The first-order valence-corrected chi connectivity index (χ1v) is 5.33.